The third kappa shape index (κ3) is 11.4. The Morgan fingerprint density at radius 3 is 0.939 bits per heavy atom. The number of hydrogen-bond donors (Lipinski definition) is 0. The highest BCUT2D eigenvalue weighted by Gasteiger charge is 2.62. The zero-order valence-electron chi connectivity index (χ0n) is 80.3. The zero-order valence-corrected chi connectivity index (χ0v) is 82.0. The third-order valence-corrected chi connectivity index (χ3v) is 35.8. The number of fused-ring (bicyclic) bond motifs is 43. The average molecular weight is 1900 g/mol. The van der Waals surface area contributed by atoms with Gasteiger partial charge in [0.05, 0.1) is 33.0 Å². The fraction of sp³-hybridized carbons (Fsp3) is 0.0500. The largest absolute Gasteiger partial charge is 0.228 e. The lowest BCUT2D eigenvalue weighted by molar-refractivity contribution is 0.633. The van der Waals surface area contributed by atoms with E-state index in [4.69, 9.17) is 24.9 Å². The molecular weight excluding hydrogens is 1820 g/mol. The van der Waals surface area contributed by atoms with E-state index in [2.05, 4.69) is 505 Å². The minimum atomic E-state index is -0.686. The highest BCUT2D eigenvalue weighted by Crippen LogP contribution is 2.73. The van der Waals surface area contributed by atoms with Crippen molar-refractivity contribution in [3.05, 3.63) is 592 Å². The molecule has 4 aromatic heterocycles. The molecule has 0 atom stereocenters. The molecule has 25 aromatic rings. The van der Waals surface area contributed by atoms with Crippen molar-refractivity contribution in [2.45, 2.75) is 40.9 Å². The maximum Gasteiger partial charge on any atom is 0.164 e. The molecule has 684 valence electrons. The van der Waals surface area contributed by atoms with Crippen molar-refractivity contribution >= 4 is 63.0 Å². The van der Waals surface area contributed by atoms with E-state index in [1.54, 1.807) is 0 Å². The van der Waals surface area contributed by atoms with Crippen molar-refractivity contribution in [2.24, 2.45) is 0 Å². The Bertz CT molecular complexity index is 9760. The monoisotopic (exact) mass is 1900 g/mol. The van der Waals surface area contributed by atoms with Crippen LogP contribution in [0, 0.1) is 0 Å². The Hall–Kier alpha value is -17.9. The van der Waals surface area contributed by atoms with Gasteiger partial charge in [-0.1, -0.05) is 469 Å². The molecular formula is C140H87N5S2. The topological polar surface area (TPSA) is 64.5 Å². The second-order valence-corrected chi connectivity index (χ2v) is 42.8. The molecule has 0 fully saturated rings. The first-order chi connectivity index (χ1) is 72.7. The maximum atomic E-state index is 5.61. The Balaban J connectivity index is 0.000000133. The average Bonchev–Trinajstić information content (AvgIpc) is 1.48. The van der Waals surface area contributed by atoms with Crippen LogP contribution in [-0.2, 0) is 27.1 Å². The molecule has 0 saturated carbocycles. The second kappa shape index (κ2) is 31.6. The minimum absolute atomic E-state index is 0.179. The van der Waals surface area contributed by atoms with E-state index in [-0.39, 0.29) is 5.41 Å². The van der Waals surface area contributed by atoms with Crippen LogP contribution in [0.2, 0.25) is 0 Å². The lowest BCUT2D eigenvalue weighted by Crippen LogP contribution is -2.43. The van der Waals surface area contributed by atoms with E-state index in [9.17, 15) is 0 Å². The highest BCUT2D eigenvalue weighted by atomic mass is 32.1. The molecule has 0 radical (unpaired) electrons. The summed E-state index contributed by atoms with van der Waals surface area (Å²) < 4.78 is 5.18. The Morgan fingerprint density at radius 1 is 0.156 bits per heavy atom. The smallest absolute Gasteiger partial charge is 0.164 e. The fourth-order valence-corrected chi connectivity index (χ4v) is 30.1. The molecule has 0 N–H and O–H groups in total. The number of hydrogen-bond acceptors (Lipinski definition) is 7. The van der Waals surface area contributed by atoms with Crippen LogP contribution in [0.4, 0.5) is 0 Å². The van der Waals surface area contributed by atoms with Gasteiger partial charge in [0.2, 0.25) is 0 Å². The molecule has 0 bridgehead atoms. The minimum Gasteiger partial charge on any atom is -0.228 e. The first-order valence-corrected chi connectivity index (χ1v) is 52.5. The molecule has 32 rings (SSSR count). The molecule has 0 aliphatic heterocycles. The maximum absolute atomic E-state index is 5.61. The Kier molecular flexibility index (Phi) is 18.0. The second-order valence-electron chi connectivity index (χ2n) is 40.7. The normalized spacial score (nSPS) is 14.5. The molecule has 0 amide bonds. The summed E-state index contributed by atoms with van der Waals surface area (Å²) in [7, 11) is 0. The molecule has 147 heavy (non-hydrogen) atoms. The SMILES string of the molecule is CC1(C)c2ccccc2-c2ccc(-c3nc(-c4ccccc4)nc(-c4cccc5c4-c4c(ccc6c4sc4ccccc46)C54c5ccccc5C5(c6ccccc6-c6ccccc65)c5ccccc54)n3)cc21.c1ccc(-c2cccc(-c3cc(-c4ccccc4)nc(-c4cccc(-c5cccc6c5-c5c(ccc7c5sc5ccccc57)C65c6ccccc6C6(c7ccccc7-c7ccccc76)c6ccccc65)c4)n3)c2)cc1. The van der Waals surface area contributed by atoms with Crippen molar-refractivity contribution in [3.63, 3.8) is 0 Å². The van der Waals surface area contributed by atoms with Gasteiger partial charge < -0.3 is 0 Å². The predicted molar refractivity (Wildman–Crippen MR) is 605 cm³/mol. The van der Waals surface area contributed by atoms with Gasteiger partial charge in [0.25, 0.3) is 0 Å². The number of nitrogens with zero attached hydrogens (tertiary/aromatic N) is 5. The number of benzene rings is 21. The summed E-state index contributed by atoms with van der Waals surface area (Å²) in [6, 6.07) is 183. The van der Waals surface area contributed by atoms with E-state index in [1.807, 2.05) is 22.7 Å². The summed E-state index contributed by atoms with van der Waals surface area (Å²) in [5.74, 6) is 2.66. The molecule has 0 unspecified atom stereocenters. The van der Waals surface area contributed by atoms with Gasteiger partial charge >= 0.3 is 0 Å². The lowest BCUT2D eigenvalue weighted by Gasteiger charge is -2.48. The van der Waals surface area contributed by atoms with E-state index in [0.717, 1.165) is 55.9 Å². The summed E-state index contributed by atoms with van der Waals surface area (Å²) in [5, 5.41) is 5.13. The summed E-state index contributed by atoms with van der Waals surface area (Å²) in [5.41, 5.74) is 46.4. The molecule has 0 saturated heterocycles. The van der Waals surface area contributed by atoms with Crippen molar-refractivity contribution < 1.29 is 0 Å². The van der Waals surface area contributed by atoms with Gasteiger partial charge in [0.15, 0.2) is 23.3 Å². The van der Waals surface area contributed by atoms with E-state index in [1.165, 1.54) is 207 Å². The molecule has 5 nitrogen and oxygen atoms in total. The Labute approximate surface area is 859 Å². The van der Waals surface area contributed by atoms with Crippen LogP contribution < -0.4 is 0 Å². The zero-order chi connectivity index (χ0) is 96.7. The van der Waals surface area contributed by atoms with Crippen molar-refractivity contribution in [2.75, 3.05) is 0 Å². The van der Waals surface area contributed by atoms with E-state index < -0.39 is 21.7 Å². The summed E-state index contributed by atoms with van der Waals surface area (Å²) >= 11 is 3.82. The first kappa shape index (κ1) is 83.7. The summed E-state index contributed by atoms with van der Waals surface area (Å²) in [6.45, 7) is 4.66. The quantitative estimate of drug-likeness (QED) is 0.152. The lowest BCUT2D eigenvalue weighted by atomic mass is 9.52. The Morgan fingerprint density at radius 2 is 0.456 bits per heavy atom. The van der Waals surface area contributed by atoms with Crippen LogP contribution in [0.15, 0.2) is 491 Å². The number of aromatic nitrogens is 5. The van der Waals surface area contributed by atoms with Crippen molar-refractivity contribution in [1.82, 2.24) is 24.9 Å². The molecule has 7 aliphatic rings. The molecule has 7 aliphatic carbocycles. The van der Waals surface area contributed by atoms with Gasteiger partial charge in [0.1, 0.15) is 0 Å². The van der Waals surface area contributed by atoms with Gasteiger partial charge in [-0.2, -0.15) is 0 Å². The van der Waals surface area contributed by atoms with Crippen LogP contribution in [0.1, 0.15) is 114 Å². The van der Waals surface area contributed by atoms with Gasteiger partial charge in [-0.15, -0.1) is 22.7 Å². The van der Waals surface area contributed by atoms with Crippen LogP contribution >= 0.6 is 22.7 Å². The van der Waals surface area contributed by atoms with Gasteiger partial charge in [0, 0.05) is 90.3 Å². The standard InChI is InChI=1S/C72H44N2S.C68H43N3S/c1-3-20-45(21-4-1)47-24-17-26-49(42-47)65-44-64(46-22-5-2-6-23-46)73-70(74-65)50-27-18-25-48(43-50)51-31-19-38-62-67(51)68-63(41-40-55-54-30-9-16-39-66(54)75-69(55)68)72(62)60-36-14-12-34-58(60)71(59-35-13-15-37-61(59)72)56-32-10-7-28-52(56)53-29-8-11-33-57(53)71;1-66(2)49-26-10-6-21-42(49)45-36-35-41(39-58(45)66)64-69-63(40-19-4-3-5-20-40)70-65(71-64)48-25-18-33-56-60(48)61-57(38-37-47-46-24-9-17-34-59(46)72-62(47)61)68(56)54-31-15-13-29-52(54)67(53-30-14-16-32-55(53)68)50-27-11-7-22-43(50)44-23-8-12-28-51(44)67/h1-44H;3-39H,1-2H3. The highest BCUT2D eigenvalue weighted by molar-refractivity contribution is 7.26. The van der Waals surface area contributed by atoms with Gasteiger partial charge in [-0.3, -0.25) is 0 Å². The third-order valence-electron chi connectivity index (χ3n) is 33.4. The van der Waals surface area contributed by atoms with Crippen LogP contribution in [-0.4, -0.2) is 24.9 Å². The van der Waals surface area contributed by atoms with Crippen LogP contribution in [0.25, 0.3) is 186 Å². The van der Waals surface area contributed by atoms with Crippen molar-refractivity contribution in [1.29, 1.82) is 0 Å². The van der Waals surface area contributed by atoms with E-state index in [0.29, 0.717) is 23.3 Å². The molecule has 4 heterocycles. The predicted octanol–water partition coefficient (Wildman–Crippen LogP) is 34.8. The summed E-state index contributed by atoms with van der Waals surface area (Å²) in [4.78, 5) is 27.2. The van der Waals surface area contributed by atoms with E-state index >= 15 is 0 Å². The summed E-state index contributed by atoms with van der Waals surface area (Å²) in [6.07, 6.45) is 0. The molecule has 7 heteroatoms. The van der Waals surface area contributed by atoms with Crippen LogP contribution in [0.3, 0.4) is 0 Å². The van der Waals surface area contributed by atoms with Crippen LogP contribution in [0.5, 0.6) is 0 Å². The first-order valence-electron chi connectivity index (χ1n) is 50.9. The number of thiophene rings is 2. The number of rotatable bonds is 8. The van der Waals surface area contributed by atoms with Crippen molar-refractivity contribution in [3.8, 4) is 146 Å². The van der Waals surface area contributed by atoms with Gasteiger partial charge in [-0.25, -0.2) is 24.9 Å². The molecule has 21 aromatic carbocycles. The fourth-order valence-electron chi connectivity index (χ4n) is 27.6. The van der Waals surface area contributed by atoms with Gasteiger partial charge in [-0.05, 0) is 203 Å². The molecule has 4 spiro atoms.